The maximum absolute atomic E-state index is 13.3. The molecule has 1 unspecified atom stereocenters. The number of benzene rings is 2. The van der Waals surface area contributed by atoms with Crippen LogP contribution in [-0.2, 0) is 24.3 Å². The van der Waals surface area contributed by atoms with Crippen LogP contribution in [-0.4, -0.2) is 57.8 Å². The number of fused-ring (bicyclic) bond motifs is 1. The number of nitrogens with zero attached hydrogens (tertiary/aromatic N) is 3. The molecule has 180 valence electrons. The Balaban J connectivity index is 1.51. The van der Waals surface area contributed by atoms with E-state index in [0.717, 1.165) is 17.5 Å². The van der Waals surface area contributed by atoms with E-state index in [1.807, 2.05) is 49.4 Å². The predicted octanol–water partition coefficient (Wildman–Crippen LogP) is 3.16. The molecule has 3 aliphatic rings. The Labute approximate surface area is 200 Å². The Morgan fingerprint density at radius 2 is 1.74 bits per heavy atom. The van der Waals surface area contributed by atoms with Crippen LogP contribution in [0.5, 0.6) is 0 Å². The Kier molecular flexibility index (Phi) is 5.85. The van der Waals surface area contributed by atoms with Crippen LogP contribution in [0.25, 0.3) is 11.1 Å². The van der Waals surface area contributed by atoms with E-state index in [9.17, 15) is 18.0 Å². The Morgan fingerprint density at radius 1 is 1.00 bits per heavy atom. The number of hydrogen-bond acceptors (Lipinski definition) is 5. The van der Waals surface area contributed by atoms with Crippen molar-refractivity contribution in [2.45, 2.75) is 45.3 Å². The van der Waals surface area contributed by atoms with Gasteiger partial charge < -0.3 is 14.5 Å². The van der Waals surface area contributed by atoms with Gasteiger partial charge in [0.15, 0.2) is 0 Å². The summed E-state index contributed by atoms with van der Waals surface area (Å²) in [7, 11) is -3.23. The molecule has 0 N–H and O–H groups in total. The van der Waals surface area contributed by atoms with Gasteiger partial charge in [0.25, 0.3) is 5.91 Å². The topological polar surface area (TPSA) is 87.2 Å². The summed E-state index contributed by atoms with van der Waals surface area (Å²) in [5.41, 5.74) is 3.85. The molecule has 0 aliphatic carbocycles. The molecule has 0 saturated carbocycles. The summed E-state index contributed by atoms with van der Waals surface area (Å²) < 4.78 is 31.6. The third kappa shape index (κ3) is 3.96. The number of amides is 2. The van der Waals surface area contributed by atoms with Crippen molar-refractivity contribution in [3.8, 4) is 11.1 Å². The second-order valence-electron chi connectivity index (χ2n) is 9.18. The minimum absolute atomic E-state index is 0.0677. The van der Waals surface area contributed by atoms with Crippen molar-refractivity contribution in [3.05, 3.63) is 42.5 Å². The lowest BCUT2D eigenvalue weighted by Crippen LogP contribution is -2.53. The summed E-state index contributed by atoms with van der Waals surface area (Å²) in [5, 5.41) is 0. The van der Waals surface area contributed by atoms with Crippen molar-refractivity contribution in [2.75, 3.05) is 39.6 Å². The number of rotatable bonds is 3. The second kappa shape index (κ2) is 8.70. The highest BCUT2D eigenvalue weighted by molar-refractivity contribution is 7.93. The molecule has 2 amide bonds. The van der Waals surface area contributed by atoms with E-state index in [0.29, 0.717) is 49.6 Å². The molecule has 0 radical (unpaired) electrons. The molecule has 8 nitrogen and oxygen atoms in total. The molecule has 2 atom stereocenters. The zero-order valence-electron chi connectivity index (χ0n) is 19.4. The molecule has 2 saturated heterocycles. The van der Waals surface area contributed by atoms with Crippen molar-refractivity contribution in [3.63, 3.8) is 0 Å². The normalized spacial score (nSPS) is 23.8. The zero-order valence-corrected chi connectivity index (χ0v) is 20.3. The van der Waals surface area contributed by atoms with E-state index in [2.05, 4.69) is 0 Å². The van der Waals surface area contributed by atoms with Crippen molar-refractivity contribution in [1.29, 1.82) is 0 Å². The van der Waals surface area contributed by atoms with Gasteiger partial charge in [0.2, 0.25) is 15.9 Å². The van der Waals surface area contributed by atoms with Crippen LogP contribution in [0.4, 0.5) is 17.1 Å². The monoisotopic (exact) mass is 483 g/mol. The molecule has 2 aromatic rings. The van der Waals surface area contributed by atoms with E-state index in [4.69, 9.17) is 4.74 Å². The quantitative estimate of drug-likeness (QED) is 0.669. The summed E-state index contributed by atoms with van der Waals surface area (Å²) in [4.78, 5) is 29.2. The molecule has 3 heterocycles. The molecule has 0 spiro atoms. The fourth-order valence-corrected chi connectivity index (χ4v) is 6.75. The van der Waals surface area contributed by atoms with Crippen molar-refractivity contribution < 1.29 is 22.7 Å². The predicted molar refractivity (Wildman–Crippen MR) is 132 cm³/mol. The van der Waals surface area contributed by atoms with Crippen LogP contribution >= 0.6 is 0 Å². The number of sulfonamides is 1. The number of carbonyl (C=O) groups excluding carboxylic acids is 2. The largest absolute Gasteiger partial charge is 0.368 e. The summed E-state index contributed by atoms with van der Waals surface area (Å²) in [6, 6.07) is 13.0. The smallest absolute Gasteiger partial charge is 0.256 e. The van der Waals surface area contributed by atoms with Gasteiger partial charge in [-0.2, -0.15) is 0 Å². The Bertz CT molecular complexity index is 1220. The highest BCUT2D eigenvalue weighted by Gasteiger charge is 2.37. The van der Waals surface area contributed by atoms with Crippen molar-refractivity contribution >= 4 is 38.9 Å². The summed E-state index contributed by atoms with van der Waals surface area (Å²) in [6.45, 7) is 4.97. The summed E-state index contributed by atoms with van der Waals surface area (Å²) in [5.74, 6) is 0.0431. The first-order valence-corrected chi connectivity index (χ1v) is 13.3. The Morgan fingerprint density at radius 3 is 2.35 bits per heavy atom. The highest BCUT2D eigenvalue weighted by atomic mass is 32.2. The first-order valence-electron chi connectivity index (χ1n) is 11.7. The van der Waals surface area contributed by atoms with Crippen LogP contribution in [0.2, 0.25) is 0 Å². The summed E-state index contributed by atoms with van der Waals surface area (Å²) >= 11 is 0. The molecule has 3 aliphatic heterocycles. The van der Waals surface area contributed by atoms with E-state index in [1.54, 1.807) is 9.80 Å². The third-order valence-corrected chi connectivity index (χ3v) is 8.68. The van der Waals surface area contributed by atoms with Gasteiger partial charge in [0, 0.05) is 26.6 Å². The first-order chi connectivity index (χ1) is 16.3. The minimum atomic E-state index is -3.23. The van der Waals surface area contributed by atoms with Crippen LogP contribution in [0.1, 0.15) is 33.1 Å². The average molecular weight is 484 g/mol. The highest BCUT2D eigenvalue weighted by Crippen LogP contribution is 2.40. The van der Waals surface area contributed by atoms with Gasteiger partial charge in [0.05, 0.1) is 28.9 Å². The number of anilines is 3. The van der Waals surface area contributed by atoms with Crippen LogP contribution in [0, 0.1) is 0 Å². The molecule has 5 rings (SSSR count). The molecular formula is C25H29N3O5S. The van der Waals surface area contributed by atoms with E-state index in [-0.39, 0.29) is 23.6 Å². The van der Waals surface area contributed by atoms with Crippen molar-refractivity contribution in [2.24, 2.45) is 0 Å². The zero-order chi connectivity index (χ0) is 24.0. The standard InChI is InChI=1S/C25H29N3O5S/c1-17-16-26(25(30)24-5-3-13-33-24)23-15-20(8-11-22(23)28(17)18(2)29)19-6-9-21(10-7-19)27-12-4-14-34(27,31)32/h6-11,15,17,24H,3-5,12-14,16H2,1-2H3/t17-,24?/m0/s1. The number of hydrogen-bond donors (Lipinski definition) is 0. The fraction of sp³-hybridized carbons (Fsp3) is 0.440. The lowest BCUT2D eigenvalue weighted by Gasteiger charge is -2.41. The van der Waals surface area contributed by atoms with E-state index >= 15 is 0 Å². The molecule has 9 heteroatoms. The maximum Gasteiger partial charge on any atom is 0.256 e. The molecule has 34 heavy (non-hydrogen) atoms. The molecule has 2 fully saturated rings. The number of carbonyl (C=O) groups is 2. The van der Waals surface area contributed by atoms with E-state index < -0.39 is 16.1 Å². The Hall–Kier alpha value is -2.91. The minimum Gasteiger partial charge on any atom is -0.368 e. The van der Waals surface area contributed by atoms with Gasteiger partial charge in [-0.25, -0.2) is 8.42 Å². The lowest BCUT2D eigenvalue weighted by molar-refractivity contribution is -0.127. The third-order valence-electron chi connectivity index (χ3n) is 6.81. The average Bonchev–Trinajstić information content (AvgIpc) is 3.47. The van der Waals surface area contributed by atoms with Gasteiger partial charge in [-0.15, -0.1) is 0 Å². The fourth-order valence-electron chi connectivity index (χ4n) is 5.19. The first kappa shape index (κ1) is 22.9. The van der Waals surface area contributed by atoms with E-state index in [1.165, 1.54) is 11.2 Å². The second-order valence-corrected chi connectivity index (χ2v) is 11.2. The van der Waals surface area contributed by atoms with Gasteiger partial charge in [-0.3, -0.25) is 13.9 Å². The maximum atomic E-state index is 13.3. The van der Waals surface area contributed by atoms with Gasteiger partial charge >= 0.3 is 0 Å². The molecule has 0 bridgehead atoms. The number of ether oxygens (including phenoxy) is 1. The van der Waals surface area contributed by atoms with Crippen LogP contribution in [0.3, 0.4) is 0 Å². The molecule has 2 aromatic carbocycles. The van der Waals surface area contributed by atoms with Crippen LogP contribution < -0.4 is 14.1 Å². The summed E-state index contributed by atoms with van der Waals surface area (Å²) in [6.07, 6.45) is 1.75. The van der Waals surface area contributed by atoms with Gasteiger partial charge in [-0.05, 0) is 61.6 Å². The molecule has 0 aromatic heterocycles. The van der Waals surface area contributed by atoms with Gasteiger partial charge in [0.1, 0.15) is 6.10 Å². The molecular weight excluding hydrogens is 454 g/mol. The van der Waals surface area contributed by atoms with Crippen molar-refractivity contribution in [1.82, 2.24) is 0 Å². The lowest BCUT2D eigenvalue weighted by atomic mass is 9.99. The SMILES string of the molecule is CC(=O)N1c2ccc(-c3ccc(N4CCCS4(=O)=O)cc3)cc2N(C(=O)C2CCCO2)C[C@@H]1C. The van der Waals surface area contributed by atoms with Crippen LogP contribution in [0.15, 0.2) is 42.5 Å². The van der Waals surface area contributed by atoms with Gasteiger partial charge in [-0.1, -0.05) is 18.2 Å².